The Bertz CT molecular complexity index is 716. The van der Waals surface area contributed by atoms with Crippen LogP contribution < -0.4 is 10.6 Å². The molecule has 0 aliphatic rings. The zero-order valence-electron chi connectivity index (χ0n) is 14.5. The van der Waals surface area contributed by atoms with Gasteiger partial charge in [0.1, 0.15) is 0 Å². The predicted molar refractivity (Wildman–Crippen MR) is 103 cm³/mol. The second kappa shape index (κ2) is 9.69. The first-order valence-electron chi connectivity index (χ1n) is 8.10. The molecule has 0 heterocycles. The third-order valence-corrected chi connectivity index (χ3v) is 3.82. The van der Waals surface area contributed by atoms with Crippen LogP contribution in [0.5, 0.6) is 0 Å². The van der Waals surface area contributed by atoms with E-state index in [-0.39, 0.29) is 5.91 Å². The van der Waals surface area contributed by atoms with Crippen molar-refractivity contribution in [2.45, 2.75) is 6.54 Å². The molecule has 1 amide bonds. The van der Waals surface area contributed by atoms with Crippen LogP contribution in [0.4, 0.5) is 0 Å². The van der Waals surface area contributed by atoms with E-state index in [4.69, 9.17) is 11.6 Å². The van der Waals surface area contributed by atoms with Gasteiger partial charge in [-0.2, -0.15) is 0 Å². The van der Waals surface area contributed by atoms with E-state index >= 15 is 0 Å². The van der Waals surface area contributed by atoms with Crippen LogP contribution in [0.2, 0.25) is 5.02 Å². The van der Waals surface area contributed by atoms with Gasteiger partial charge in [-0.3, -0.25) is 4.79 Å². The first kappa shape index (κ1) is 18.8. The van der Waals surface area contributed by atoms with Crippen molar-refractivity contribution >= 4 is 23.5 Å². The van der Waals surface area contributed by atoms with Crippen molar-refractivity contribution < 1.29 is 4.79 Å². The Hall–Kier alpha value is -2.53. The van der Waals surface area contributed by atoms with Gasteiger partial charge in [-0.25, -0.2) is 4.99 Å². The normalized spacial score (nSPS) is 11.1. The Balaban J connectivity index is 1.81. The lowest BCUT2D eigenvalue weighted by Crippen LogP contribution is -2.41. The van der Waals surface area contributed by atoms with Gasteiger partial charge in [0.2, 0.25) is 0 Å². The average molecular weight is 359 g/mol. The molecule has 0 fully saturated rings. The molecule has 2 N–H and O–H groups in total. The van der Waals surface area contributed by atoms with Gasteiger partial charge in [0.15, 0.2) is 5.96 Å². The summed E-state index contributed by atoms with van der Waals surface area (Å²) in [6.07, 6.45) is 0. The molecule has 0 aliphatic carbocycles. The second-order valence-corrected chi connectivity index (χ2v) is 6.09. The van der Waals surface area contributed by atoms with Crippen LogP contribution in [0.3, 0.4) is 0 Å². The number of benzene rings is 2. The quantitative estimate of drug-likeness (QED) is 0.474. The summed E-state index contributed by atoms with van der Waals surface area (Å²) < 4.78 is 0. The van der Waals surface area contributed by atoms with Crippen LogP contribution in [-0.4, -0.2) is 44.0 Å². The number of nitrogens with one attached hydrogen (secondary N) is 2. The van der Waals surface area contributed by atoms with Gasteiger partial charge in [0, 0.05) is 27.2 Å². The fraction of sp³-hybridized carbons (Fsp3) is 0.263. The summed E-state index contributed by atoms with van der Waals surface area (Å²) in [6, 6.07) is 17.1. The highest BCUT2D eigenvalue weighted by Crippen LogP contribution is 2.14. The summed E-state index contributed by atoms with van der Waals surface area (Å²) in [5.41, 5.74) is 1.63. The van der Waals surface area contributed by atoms with E-state index in [1.54, 1.807) is 24.3 Å². The summed E-state index contributed by atoms with van der Waals surface area (Å²) in [7, 11) is 3.86. The summed E-state index contributed by atoms with van der Waals surface area (Å²) in [6.45, 7) is 1.65. The van der Waals surface area contributed by atoms with Gasteiger partial charge in [0.25, 0.3) is 5.91 Å². The molecule has 2 rings (SSSR count). The standard InChI is InChI=1S/C19H23ClN4O/c1-24(2)19(23-14-15-8-4-3-5-9-15)22-13-12-21-18(25)16-10-6-7-11-17(16)20/h3-11H,12-14H2,1-2H3,(H,21,25)(H,22,23). The Labute approximate surface area is 153 Å². The molecule has 0 atom stereocenters. The van der Waals surface area contributed by atoms with Crippen molar-refractivity contribution in [3.8, 4) is 0 Å². The first-order chi connectivity index (χ1) is 12.1. The molecule has 0 unspecified atom stereocenters. The Morgan fingerprint density at radius 3 is 2.32 bits per heavy atom. The molecule has 0 aromatic heterocycles. The van der Waals surface area contributed by atoms with E-state index in [1.807, 2.05) is 49.3 Å². The van der Waals surface area contributed by atoms with Crippen LogP contribution in [0.1, 0.15) is 15.9 Å². The fourth-order valence-electron chi connectivity index (χ4n) is 2.20. The predicted octanol–water partition coefficient (Wildman–Crippen LogP) is 2.78. The smallest absolute Gasteiger partial charge is 0.252 e. The van der Waals surface area contributed by atoms with Crippen molar-refractivity contribution in [1.29, 1.82) is 0 Å². The number of hydrogen-bond acceptors (Lipinski definition) is 2. The maximum Gasteiger partial charge on any atom is 0.252 e. The van der Waals surface area contributed by atoms with Gasteiger partial charge in [-0.15, -0.1) is 0 Å². The lowest BCUT2D eigenvalue weighted by atomic mass is 10.2. The highest BCUT2D eigenvalue weighted by Gasteiger charge is 2.08. The Kier molecular flexibility index (Phi) is 7.29. The topological polar surface area (TPSA) is 56.7 Å². The van der Waals surface area contributed by atoms with Gasteiger partial charge in [-0.05, 0) is 17.7 Å². The number of guanidine groups is 1. The maximum absolute atomic E-state index is 12.1. The van der Waals surface area contributed by atoms with E-state index in [2.05, 4.69) is 15.6 Å². The van der Waals surface area contributed by atoms with Gasteiger partial charge < -0.3 is 15.5 Å². The minimum Gasteiger partial charge on any atom is -0.354 e. The van der Waals surface area contributed by atoms with Gasteiger partial charge in [0.05, 0.1) is 17.1 Å². The Morgan fingerprint density at radius 2 is 1.64 bits per heavy atom. The molecule has 0 saturated heterocycles. The van der Waals surface area contributed by atoms with Crippen LogP contribution in [0.25, 0.3) is 0 Å². The summed E-state index contributed by atoms with van der Waals surface area (Å²) >= 11 is 6.02. The minimum atomic E-state index is -0.181. The number of halogens is 1. The average Bonchev–Trinajstić information content (AvgIpc) is 2.61. The van der Waals surface area contributed by atoms with E-state index < -0.39 is 0 Å². The number of aliphatic imine (C=N–C) groups is 1. The largest absolute Gasteiger partial charge is 0.354 e. The third-order valence-electron chi connectivity index (χ3n) is 3.49. The fourth-order valence-corrected chi connectivity index (χ4v) is 2.42. The number of rotatable bonds is 6. The van der Waals surface area contributed by atoms with Crippen LogP contribution in [-0.2, 0) is 6.54 Å². The van der Waals surface area contributed by atoms with Gasteiger partial charge >= 0.3 is 0 Å². The van der Waals surface area contributed by atoms with Crippen LogP contribution in [0, 0.1) is 0 Å². The molecule has 132 valence electrons. The van der Waals surface area contributed by atoms with Crippen LogP contribution in [0.15, 0.2) is 59.6 Å². The molecule has 25 heavy (non-hydrogen) atoms. The lowest BCUT2D eigenvalue weighted by molar-refractivity contribution is 0.0954. The monoisotopic (exact) mass is 358 g/mol. The summed E-state index contributed by atoms with van der Waals surface area (Å²) in [5, 5.41) is 6.54. The summed E-state index contributed by atoms with van der Waals surface area (Å²) in [5.74, 6) is 0.593. The highest BCUT2D eigenvalue weighted by molar-refractivity contribution is 6.33. The third kappa shape index (κ3) is 6.12. The van der Waals surface area contributed by atoms with E-state index in [0.29, 0.717) is 30.2 Å². The van der Waals surface area contributed by atoms with Crippen LogP contribution >= 0.6 is 11.6 Å². The second-order valence-electron chi connectivity index (χ2n) is 5.68. The minimum absolute atomic E-state index is 0.181. The molecule has 0 bridgehead atoms. The van der Waals surface area contributed by atoms with E-state index in [0.717, 1.165) is 11.5 Å². The molecule has 0 saturated carbocycles. The SMILES string of the molecule is CN(C)C(=NCc1ccccc1)NCCNC(=O)c1ccccc1Cl. The molecular weight excluding hydrogens is 336 g/mol. The summed E-state index contributed by atoms with van der Waals surface area (Å²) in [4.78, 5) is 18.6. The van der Waals surface area contributed by atoms with Crippen molar-refractivity contribution in [2.75, 3.05) is 27.2 Å². The maximum atomic E-state index is 12.1. The highest BCUT2D eigenvalue weighted by atomic mass is 35.5. The van der Waals surface area contributed by atoms with E-state index in [1.165, 1.54) is 0 Å². The molecule has 0 spiro atoms. The number of carbonyl (C=O) groups excluding carboxylic acids is 1. The first-order valence-corrected chi connectivity index (χ1v) is 8.48. The Morgan fingerprint density at radius 1 is 1.00 bits per heavy atom. The zero-order chi connectivity index (χ0) is 18.1. The number of nitrogens with zero attached hydrogens (tertiary/aromatic N) is 2. The van der Waals surface area contributed by atoms with Gasteiger partial charge in [-0.1, -0.05) is 54.1 Å². The molecule has 2 aromatic carbocycles. The van der Waals surface area contributed by atoms with Crippen molar-refractivity contribution in [3.63, 3.8) is 0 Å². The van der Waals surface area contributed by atoms with E-state index in [9.17, 15) is 4.79 Å². The van der Waals surface area contributed by atoms with Crippen molar-refractivity contribution in [2.24, 2.45) is 4.99 Å². The zero-order valence-corrected chi connectivity index (χ0v) is 15.3. The molecule has 0 aliphatic heterocycles. The molecule has 2 aromatic rings. The number of hydrogen-bond donors (Lipinski definition) is 2. The van der Waals surface area contributed by atoms with Crippen molar-refractivity contribution in [1.82, 2.24) is 15.5 Å². The molecule has 0 radical (unpaired) electrons. The molecule has 5 nitrogen and oxygen atoms in total. The number of amides is 1. The number of carbonyl (C=O) groups is 1. The molecular formula is C19H23ClN4O. The molecule has 6 heteroatoms. The van der Waals surface area contributed by atoms with Crippen molar-refractivity contribution in [3.05, 3.63) is 70.7 Å². The lowest BCUT2D eigenvalue weighted by Gasteiger charge is -2.18.